The third-order valence-electron chi connectivity index (χ3n) is 8.08. The van der Waals surface area contributed by atoms with E-state index in [1.165, 1.54) is 25.7 Å². The Labute approximate surface area is 307 Å². The number of hydrogen-bond acceptors (Lipinski definition) is 10. The van der Waals surface area contributed by atoms with Crippen LogP contribution < -0.4 is 0 Å². The number of rotatable bonds is 35. The second-order valence-corrected chi connectivity index (χ2v) is 14.4. The molecule has 0 rings (SSSR count). The standard InChI is InChI=1S/C39H69O11P/c1-3-35(2)27-23-19-16-17-21-25-29-39(44)50-37(34-49-51(45,46)48-32-36(42)31-41)33-47-38(43)28-24-20-15-13-11-9-7-5-4-6-8-10-12-14-18-22-26-30-40/h4,6-7,9-10,12-13,15,35-37,40-42H,3,5,8,11,14,16-34H2,1-2H3,(H,45,46)/b6-4-,9-7-,12-10-,15-13-/t35?,36-,37+/m0/s1. The molecule has 0 saturated heterocycles. The molecule has 0 aliphatic heterocycles. The normalized spacial score (nSPS) is 15.2. The third kappa shape index (κ3) is 34.7. The monoisotopic (exact) mass is 744 g/mol. The average molecular weight is 745 g/mol. The summed E-state index contributed by atoms with van der Waals surface area (Å²) < 4.78 is 32.5. The molecule has 4 atom stereocenters. The first kappa shape index (κ1) is 48.9. The topological polar surface area (TPSA) is 169 Å². The zero-order valence-corrected chi connectivity index (χ0v) is 32.3. The molecule has 0 aliphatic rings. The molecule has 296 valence electrons. The molecular weight excluding hydrogens is 675 g/mol. The van der Waals surface area contributed by atoms with Gasteiger partial charge in [0, 0.05) is 19.4 Å². The van der Waals surface area contributed by atoms with Gasteiger partial charge >= 0.3 is 19.8 Å². The van der Waals surface area contributed by atoms with Gasteiger partial charge in [0.05, 0.1) is 19.8 Å². The molecule has 2 unspecified atom stereocenters. The number of carbonyl (C=O) groups excluding carboxylic acids is 2. The lowest BCUT2D eigenvalue weighted by molar-refractivity contribution is -0.161. The highest BCUT2D eigenvalue weighted by Crippen LogP contribution is 2.43. The third-order valence-corrected chi connectivity index (χ3v) is 9.03. The number of aliphatic hydroxyl groups excluding tert-OH is 3. The van der Waals surface area contributed by atoms with Crippen molar-refractivity contribution in [2.24, 2.45) is 5.92 Å². The first-order chi connectivity index (χ1) is 24.6. The van der Waals surface area contributed by atoms with Crippen LogP contribution in [0.1, 0.15) is 136 Å². The molecule has 12 heteroatoms. The first-order valence-corrected chi connectivity index (χ1v) is 20.6. The predicted molar refractivity (Wildman–Crippen MR) is 202 cm³/mol. The van der Waals surface area contributed by atoms with Gasteiger partial charge in [0.15, 0.2) is 6.10 Å². The number of allylic oxidation sites excluding steroid dienone is 8. The second-order valence-electron chi connectivity index (χ2n) is 12.9. The molecule has 0 aromatic carbocycles. The van der Waals surface area contributed by atoms with Crippen molar-refractivity contribution in [2.45, 2.75) is 148 Å². The van der Waals surface area contributed by atoms with Gasteiger partial charge in [-0.15, -0.1) is 0 Å². The van der Waals surface area contributed by atoms with E-state index in [4.69, 9.17) is 24.2 Å². The molecule has 0 aromatic heterocycles. The summed E-state index contributed by atoms with van der Waals surface area (Å²) in [6, 6.07) is 0. The van der Waals surface area contributed by atoms with Crippen molar-refractivity contribution < 1.29 is 52.9 Å². The zero-order valence-electron chi connectivity index (χ0n) is 31.4. The quantitative estimate of drug-likeness (QED) is 0.0214. The van der Waals surface area contributed by atoms with Crippen LogP contribution in [0.5, 0.6) is 0 Å². The van der Waals surface area contributed by atoms with Crippen LogP contribution in [0.4, 0.5) is 0 Å². The van der Waals surface area contributed by atoms with Crippen LogP contribution in [0, 0.1) is 5.92 Å². The Balaban J connectivity index is 4.45. The Kier molecular flexibility index (Phi) is 33.5. The fraction of sp³-hybridized carbons (Fsp3) is 0.744. The van der Waals surface area contributed by atoms with Crippen molar-refractivity contribution in [3.05, 3.63) is 48.6 Å². The lowest BCUT2D eigenvalue weighted by Gasteiger charge is -2.20. The van der Waals surface area contributed by atoms with Gasteiger partial charge in [0.25, 0.3) is 0 Å². The van der Waals surface area contributed by atoms with Crippen LogP contribution in [0.25, 0.3) is 0 Å². The Morgan fingerprint density at radius 3 is 1.80 bits per heavy atom. The summed E-state index contributed by atoms with van der Waals surface area (Å²) in [4.78, 5) is 34.8. The van der Waals surface area contributed by atoms with Gasteiger partial charge in [0.1, 0.15) is 12.7 Å². The lowest BCUT2D eigenvalue weighted by Crippen LogP contribution is -2.29. The lowest BCUT2D eigenvalue weighted by atomic mass is 10.00. The zero-order chi connectivity index (χ0) is 37.8. The number of phosphoric ester groups is 1. The summed E-state index contributed by atoms with van der Waals surface area (Å²) in [6.07, 6.45) is 31.2. The fourth-order valence-electron chi connectivity index (χ4n) is 4.70. The maximum Gasteiger partial charge on any atom is 0.472 e. The number of ether oxygens (including phenoxy) is 2. The summed E-state index contributed by atoms with van der Waals surface area (Å²) >= 11 is 0. The Bertz CT molecular complexity index is 1010. The molecule has 0 aromatic rings. The van der Waals surface area contributed by atoms with E-state index in [2.05, 4.69) is 54.8 Å². The SMILES string of the molecule is CCC(C)CCCCCCCCC(=O)O[C@H](COC(=O)CCC/C=C\C/C=C\C/C=C\C/C=C\CCCCCO)COP(=O)(O)OC[C@@H](O)CO. The van der Waals surface area contributed by atoms with E-state index in [-0.39, 0.29) is 26.1 Å². The number of aliphatic hydroxyl groups is 3. The van der Waals surface area contributed by atoms with Gasteiger partial charge in [0.2, 0.25) is 0 Å². The van der Waals surface area contributed by atoms with Crippen molar-refractivity contribution >= 4 is 19.8 Å². The van der Waals surface area contributed by atoms with E-state index < -0.39 is 51.8 Å². The summed E-state index contributed by atoms with van der Waals surface area (Å²) in [7, 11) is -4.63. The highest BCUT2D eigenvalue weighted by Gasteiger charge is 2.27. The summed E-state index contributed by atoms with van der Waals surface area (Å²) in [5.74, 6) is -0.257. The van der Waals surface area contributed by atoms with Crippen LogP contribution in [-0.2, 0) is 32.7 Å². The van der Waals surface area contributed by atoms with Gasteiger partial charge in [-0.05, 0) is 63.7 Å². The molecule has 4 N–H and O–H groups in total. The minimum Gasteiger partial charge on any atom is -0.462 e. The molecule has 0 fully saturated rings. The van der Waals surface area contributed by atoms with Crippen molar-refractivity contribution in [1.82, 2.24) is 0 Å². The molecular formula is C39H69O11P. The highest BCUT2D eigenvalue weighted by molar-refractivity contribution is 7.47. The minimum atomic E-state index is -4.63. The Morgan fingerprint density at radius 2 is 1.20 bits per heavy atom. The predicted octanol–water partition coefficient (Wildman–Crippen LogP) is 8.21. The molecule has 0 amide bonds. The molecule has 11 nitrogen and oxygen atoms in total. The molecule has 0 spiro atoms. The van der Waals surface area contributed by atoms with Crippen molar-refractivity contribution in [3.8, 4) is 0 Å². The Morgan fingerprint density at radius 1 is 0.667 bits per heavy atom. The number of hydrogen-bond donors (Lipinski definition) is 4. The molecule has 0 aliphatic carbocycles. The van der Waals surface area contributed by atoms with E-state index in [1.807, 2.05) is 12.2 Å². The van der Waals surface area contributed by atoms with Crippen LogP contribution >= 0.6 is 7.82 Å². The number of esters is 2. The molecule has 0 radical (unpaired) electrons. The first-order valence-electron chi connectivity index (χ1n) is 19.1. The van der Waals surface area contributed by atoms with Crippen LogP contribution in [-0.4, -0.2) is 77.4 Å². The van der Waals surface area contributed by atoms with E-state index >= 15 is 0 Å². The van der Waals surface area contributed by atoms with Crippen LogP contribution in [0.15, 0.2) is 48.6 Å². The van der Waals surface area contributed by atoms with Crippen molar-refractivity contribution in [2.75, 3.05) is 33.0 Å². The van der Waals surface area contributed by atoms with E-state index in [0.717, 1.165) is 70.1 Å². The number of unbranched alkanes of at least 4 members (excludes halogenated alkanes) is 9. The second kappa shape index (κ2) is 34.9. The molecule has 0 saturated carbocycles. The van der Waals surface area contributed by atoms with Crippen LogP contribution in [0.3, 0.4) is 0 Å². The fourth-order valence-corrected chi connectivity index (χ4v) is 5.49. The van der Waals surface area contributed by atoms with Gasteiger partial charge in [-0.1, -0.05) is 114 Å². The van der Waals surface area contributed by atoms with Gasteiger partial charge in [-0.2, -0.15) is 0 Å². The summed E-state index contributed by atoms with van der Waals surface area (Å²) in [5.41, 5.74) is 0. The van der Waals surface area contributed by atoms with E-state index in [0.29, 0.717) is 19.3 Å². The van der Waals surface area contributed by atoms with Crippen LogP contribution in [0.2, 0.25) is 0 Å². The smallest absolute Gasteiger partial charge is 0.462 e. The summed E-state index contributed by atoms with van der Waals surface area (Å²) in [5, 5.41) is 27.0. The Hall–Kier alpha value is -2.11. The number of carbonyl (C=O) groups is 2. The molecule has 0 bridgehead atoms. The maximum absolute atomic E-state index is 12.5. The molecule has 51 heavy (non-hydrogen) atoms. The highest BCUT2D eigenvalue weighted by atomic mass is 31.2. The number of phosphoric acid groups is 1. The van der Waals surface area contributed by atoms with Gasteiger partial charge in [-0.25, -0.2) is 4.57 Å². The summed E-state index contributed by atoms with van der Waals surface area (Å²) in [6.45, 7) is 2.55. The average Bonchev–Trinajstić information content (AvgIpc) is 3.12. The maximum atomic E-state index is 12.5. The van der Waals surface area contributed by atoms with Crippen molar-refractivity contribution in [3.63, 3.8) is 0 Å². The largest absolute Gasteiger partial charge is 0.472 e. The van der Waals surface area contributed by atoms with Gasteiger partial charge in [-0.3, -0.25) is 18.6 Å². The minimum absolute atomic E-state index is 0.154. The van der Waals surface area contributed by atoms with Crippen molar-refractivity contribution in [1.29, 1.82) is 0 Å². The van der Waals surface area contributed by atoms with E-state index in [9.17, 15) is 24.2 Å². The van der Waals surface area contributed by atoms with E-state index in [1.54, 1.807) is 0 Å². The molecule has 0 heterocycles. The van der Waals surface area contributed by atoms with Gasteiger partial charge < -0.3 is 29.7 Å².